The van der Waals surface area contributed by atoms with Crippen LogP contribution < -0.4 is 10.1 Å². The zero-order valence-corrected chi connectivity index (χ0v) is 11.3. The topological polar surface area (TPSA) is 21.3 Å². The van der Waals surface area contributed by atoms with Gasteiger partial charge in [-0.1, -0.05) is 0 Å². The molecule has 0 saturated carbocycles. The van der Waals surface area contributed by atoms with Crippen molar-refractivity contribution in [2.75, 3.05) is 25.2 Å². The van der Waals surface area contributed by atoms with Crippen molar-refractivity contribution in [2.45, 2.75) is 19.4 Å². The van der Waals surface area contributed by atoms with E-state index in [2.05, 4.69) is 23.1 Å². The van der Waals surface area contributed by atoms with E-state index < -0.39 is 0 Å². The fourth-order valence-corrected chi connectivity index (χ4v) is 3.91. The van der Waals surface area contributed by atoms with Crippen LogP contribution in [0.5, 0.6) is 5.06 Å². The summed E-state index contributed by atoms with van der Waals surface area (Å²) in [6.07, 6.45) is 2.76. The average Bonchev–Trinajstić information content (AvgIpc) is 2.78. The van der Waals surface area contributed by atoms with Crippen LogP contribution in [0.3, 0.4) is 0 Å². The van der Waals surface area contributed by atoms with Gasteiger partial charge >= 0.3 is 0 Å². The molecule has 90 valence electrons. The highest BCUT2D eigenvalue weighted by Gasteiger charge is 2.12. The zero-order chi connectivity index (χ0) is 11.2. The summed E-state index contributed by atoms with van der Waals surface area (Å²) >= 11 is 3.82. The fourth-order valence-electron chi connectivity index (χ4n) is 1.91. The summed E-state index contributed by atoms with van der Waals surface area (Å²) in [4.78, 5) is 1.36. The Bertz CT molecular complexity index is 308. The summed E-state index contributed by atoms with van der Waals surface area (Å²) < 4.78 is 5.18. The molecule has 16 heavy (non-hydrogen) atoms. The van der Waals surface area contributed by atoms with Gasteiger partial charge in [-0.25, -0.2) is 0 Å². The standard InChI is InChI=1S/C12H19NOS2/c1-14-12-3-2-11(16-12)9-13-8-10-4-6-15-7-5-10/h2-3,10,13H,4-9H2,1H3. The predicted molar refractivity (Wildman–Crippen MR) is 72.6 cm³/mol. The molecule has 0 aliphatic carbocycles. The molecule has 1 saturated heterocycles. The van der Waals surface area contributed by atoms with Gasteiger partial charge < -0.3 is 10.1 Å². The van der Waals surface area contributed by atoms with Gasteiger partial charge in [0.15, 0.2) is 5.06 Å². The van der Waals surface area contributed by atoms with Crippen molar-refractivity contribution in [2.24, 2.45) is 5.92 Å². The molecule has 1 aliphatic heterocycles. The SMILES string of the molecule is COc1ccc(CNCC2CCSCC2)s1. The van der Waals surface area contributed by atoms with Crippen LogP contribution in [0.25, 0.3) is 0 Å². The van der Waals surface area contributed by atoms with Crippen LogP contribution >= 0.6 is 23.1 Å². The van der Waals surface area contributed by atoms with Gasteiger partial charge in [-0.3, -0.25) is 0 Å². The maximum absolute atomic E-state index is 5.18. The predicted octanol–water partition coefficient (Wildman–Crippen LogP) is 2.99. The van der Waals surface area contributed by atoms with Gasteiger partial charge in [0.25, 0.3) is 0 Å². The summed E-state index contributed by atoms with van der Waals surface area (Å²) in [5.74, 6) is 3.58. The van der Waals surface area contributed by atoms with E-state index in [0.29, 0.717) is 0 Å². The molecule has 0 atom stereocenters. The molecule has 2 nitrogen and oxygen atoms in total. The number of methoxy groups -OCH3 is 1. The van der Waals surface area contributed by atoms with Gasteiger partial charge in [0.1, 0.15) is 0 Å². The van der Waals surface area contributed by atoms with Crippen molar-refractivity contribution in [1.82, 2.24) is 5.32 Å². The maximum Gasteiger partial charge on any atom is 0.173 e. The van der Waals surface area contributed by atoms with E-state index in [4.69, 9.17) is 4.74 Å². The Hall–Kier alpha value is -0.190. The first-order chi connectivity index (χ1) is 7.88. The molecule has 1 N–H and O–H groups in total. The Morgan fingerprint density at radius 2 is 2.19 bits per heavy atom. The quantitative estimate of drug-likeness (QED) is 0.876. The number of hydrogen-bond donors (Lipinski definition) is 1. The van der Waals surface area contributed by atoms with Crippen molar-refractivity contribution in [3.05, 3.63) is 17.0 Å². The van der Waals surface area contributed by atoms with Crippen LogP contribution in [0.1, 0.15) is 17.7 Å². The van der Waals surface area contributed by atoms with Crippen molar-refractivity contribution >= 4 is 23.1 Å². The van der Waals surface area contributed by atoms with Gasteiger partial charge in [0.2, 0.25) is 0 Å². The lowest BCUT2D eigenvalue weighted by Crippen LogP contribution is -2.25. The Morgan fingerprint density at radius 1 is 1.38 bits per heavy atom. The van der Waals surface area contributed by atoms with Gasteiger partial charge in [-0.05, 0) is 48.9 Å². The Morgan fingerprint density at radius 3 is 2.88 bits per heavy atom. The van der Waals surface area contributed by atoms with E-state index in [1.54, 1.807) is 18.4 Å². The molecule has 0 radical (unpaired) electrons. The van der Waals surface area contributed by atoms with Crippen molar-refractivity contribution in [3.8, 4) is 5.06 Å². The number of ether oxygens (including phenoxy) is 1. The molecule has 0 aromatic carbocycles. The van der Waals surface area contributed by atoms with E-state index in [9.17, 15) is 0 Å². The third kappa shape index (κ3) is 3.68. The smallest absolute Gasteiger partial charge is 0.173 e. The second-order valence-corrected chi connectivity index (χ2v) is 6.47. The van der Waals surface area contributed by atoms with Crippen LogP contribution in [0, 0.1) is 5.92 Å². The van der Waals surface area contributed by atoms with Crippen LogP contribution in [0.15, 0.2) is 12.1 Å². The van der Waals surface area contributed by atoms with Crippen LogP contribution in [0.2, 0.25) is 0 Å². The van der Waals surface area contributed by atoms with Gasteiger partial charge in [-0.2, -0.15) is 11.8 Å². The van der Waals surface area contributed by atoms with Crippen LogP contribution in [-0.2, 0) is 6.54 Å². The molecule has 1 aliphatic rings. The summed E-state index contributed by atoms with van der Waals surface area (Å²) in [5, 5.41) is 4.56. The van der Waals surface area contributed by atoms with E-state index in [0.717, 1.165) is 17.5 Å². The Labute approximate surface area is 106 Å². The van der Waals surface area contributed by atoms with E-state index in [1.165, 1.54) is 35.8 Å². The minimum atomic E-state index is 0.892. The summed E-state index contributed by atoms with van der Waals surface area (Å²) in [6.45, 7) is 2.15. The van der Waals surface area contributed by atoms with E-state index in [-0.39, 0.29) is 0 Å². The highest BCUT2D eigenvalue weighted by atomic mass is 32.2. The molecule has 1 aromatic heterocycles. The molecule has 2 heterocycles. The van der Waals surface area contributed by atoms with Crippen molar-refractivity contribution in [1.29, 1.82) is 0 Å². The first-order valence-corrected chi connectivity index (χ1v) is 7.77. The second-order valence-electron chi connectivity index (χ2n) is 4.11. The molecule has 0 unspecified atom stereocenters. The van der Waals surface area contributed by atoms with Gasteiger partial charge in [-0.15, -0.1) is 11.3 Å². The number of thiophene rings is 1. The third-order valence-corrected chi connectivity index (χ3v) is 5.01. The molecular formula is C12H19NOS2. The first kappa shape index (κ1) is 12.3. The molecule has 4 heteroatoms. The first-order valence-electron chi connectivity index (χ1n) is 5.79. The Kier molecular flexibility index (Phi) is 5.00. The number of nitrogens with one attached hydrogen (secondary N) is 1. The second kappa shape index (κ2) is 6.52. The lowest BCUT2D eigenvalue weighted by atomic mass is 10.0. The highest BCUT2D eigenvalue weighted by molar-refractivity contribution is 7.99. The lowest BCUT2D eigenvalue weighted by Gasteiger charge is -2.21. The van der Waals surface area contributed by atoms with Crippen LogP contribution in [-0.4, -0.2) is 25.2 Å². The van der Waals surface area contributed by atoms with Crippen LogP contribution in [0.4, 0.5) is 0 Å². The maximum atomic E-state index is 5.18. The lowest BCUT2D eigenvalue weighted by molar-refractivity contribution is 0.427. The van der Waals surface area contributed by atoms with E-state index >= 15 is 0 Å². The molecule has 1 aromatic rings. The monoisotopic (exact) mass is 257 g/mol. The molecular weight excluding hydrogens is 238 g/mol. The largest absolute Gasteiger partial charge is 0.487 e. The van der Waals surface area contributed by atoms with Gasteiger partial charge in [0, 0.05) is 11.4 Å². The third-order valence-electron chi connectivity index (χ3n) is 2.91. The average molecular weight is 257 g/mol. The number of rotatable bonds is 5. The number of hydrogen-bond acceptors (Lipinski definition) is 4. The minimum Gasteiger partial charge on any atom is -0.487 e. The highest BCUT2D eigenvalue weighted by Crippen LogP contribution is 2.24. The minimum absolute atomic E-state index is 0.892. The Balaban J connectivity index is 1.66. The van der Waals surface area contributed by atoms with E-state index in [1.807, 2.05) is 6.07 Å². The van der Waals surface area contributed by atoms with Gasteiger partial charge in [0.05, 0.1) is 7.11 Å². The summed E-state index contributed by atoms with van der Waals surface area (Å²) in [7, 11) is 1.72. The molecule has 0 amide bonds. The molecule has 1 fully saturated rings. The zero-order valence-electron chi connectivity index (χ0n) is 9.70. The molecule has 0 bridgehead atoms. The van der Waals surface area contributed by atoms with Crippen molar-refractivity contribution < 1.29 is 4.74 Å². The summed E-state index contributed by atoms with van der Waals surface area (Å²) in [5.41, 5.74) is 0. The molecule has 2 rings (SSSR count). The normalized spacial score (nSPS) is 17.6. The molecule has 0 spiro atoms. The summed E-state index contributed by atoms with van der Waals surface area (Å²) in [6, 6.07) is 4.19. The number of thioether (sulfide) groups is 1. The van der Waals surface area contributed by atoms with Crippen molar-refractivity contribution in [3.63, 3.8) is 0 Å². The fraction of sp³-hybridized carbons (Fsp3) is 0.667.